The monoisotopic (exact) mass is 438 g/mol. The van der Waals surface area contributed by atoms with Gasteiger partial charge in [-0.25, -0.2) is 0 Å². The van der Waals surface area contributed by atoms with E-state index in [1.165, 1.54) is 14.2 Å². The van der Waals surface area contributed by atoms with Crippen molar-refractivity contribution in [2.24, 2.45) is 5.92 Å². The maximum atomic E-state index is 13.6. The van der Waals surface area contributed by atoms with Crippen molar-refractivity contribution < 1.29 is 28.4 Å². The van der Waals surface area contributed by atoms with Crippen molar-refractivity contribution >= 4 is 20.2 Å². The van der Waals surface area contributed by atoms with Crippen molar-refractivity contribution in [2.45, 2.75) is 70.9 Å². The molecule has 0 saturated carbocycles. The third-order valence-electron chi connectivity index (χ3n) is 5.41. The van der Waals surface area contributed by atoms with Crippen molar-refractivity contribution in [3.63, 3.8) is 0 Å². The van der Waals surface area contributed by atoms with Crippen LogP contribution in [0.3, 0.4) is 0 Å². The third-order valence-corrected chi connectivity index (χ3v) is 6.33. The average molecular weight is 439 g/mol. The van der Waals surface area contributed by atoms with Crippen LogP contribution >= 0.6 is 8.46 Å². The molecule has 0 saturated heterocycles. The van der Waals surface area contributed by atoms with Crippen LogP contribution in [0.5, 0.6) is 11.5 Å². The minimum absolute atomic E-state index is 0.108. The maximum absolute atomic E-state index is 13.6. The van der Waals surface area contributed by atoms with Gasteiger partial charge in [0.1, 0.15) is 17.1 Å². The smallest absolute Gasteiger partial charge is 0.331 e. The zero-order chi connectivity index (χ0) is 22.6. The lowest BCUT2D eigenvalue weighted by Crippen LogP contribution is -2.43. The van der Waals surface area contributed by atoms with Gasteiger partial charge < -0.3 is 14.2 Å². The van der Waals surface area contributed by atoms with Gasteiger partial charge in [0.25, 0.3) is 0 Å². The molecule has 0 radical (unpaired) electrons. The molecule has 1 aromatic rings. The summed E-state index contributed by atoms with van der Waals surface area (Å²) in [7, 11) is 2.29. The van der Waals surface area contributed by atoms with Gasteiger partial charge in [0.2, 0.25) is 5.16 Å². The Morgan fingerprint density at radius 3 is 2.10 bits per heavy atom. The molecule has 1 rings (SSSR count). The Bertz CT molecular complexity index is 683. The Balaban J connectivity index is 3.29. The summed E-state index contributed by atoms with van der Waals surface area (Å²) in [5, 5.41) is -1.82. The Morgan fingerprint density at radius 1 is 1.03 bits per heavy atom. The van der Waals surface area contributed by atoms with E-state index < -0.39 is 25.4 Å². The largest absolute Gasteiger partial charge is 0.496 e. The van der Waals surface area contributed by atoms with E-state index in [4.69, 9.17) is 14.2 Å². The van der Waals surface area contributed by atoms with E-state index in [0.717, 1.165) is 32.1 Å². The van der Waals surface area contributed by atoms with Gasteiger partial charge in [-0.3, -0.25) is 14.2 Å². The number of methoxy groups -OCH3 is 2. The zero-order valence-electron chi connectivity index (χ0n) is 18.9. The molecule has 7 heteroatoms. The van der Waals surface area contributed by atoms with E-state index in [9.17, 15) is 14.2 Å². The van der Waals surface area contributed by atoms with Gasteiger partial charge in [-0.2, -0.15) is 0 Å². The lowest BCUT2D eigenvalue weighted by atomic mass is 9.90. The Kier molecular flexibility index (Phi) is 11.6. The van der Waals surface area contributed by atoms with Crippen LogP contribution in [0.4, 0.5) is 0 Å². The topological polar surface area (TPSA) is 78.9 Å². The van der Waals surface area contributed by atoms with Crippen LogP contribution in [0, 0.1) is 5.92 Å². The Labute approximate surface area is 181 Å². The first kappa shape index (κ1) is 26.1. The summed E-state index contributed by atoms with van der Waals surface area (Å²) in [6, 6.07) is 4.92. The SMILES string of the molecule is CCCCC(CC)COC(=O)C(CCCC)(P=O)C(=O)c1c(OC)cccc1OC. The van der Waals surface area contributed by atoms with Crippen LogP contribution in [0.2, 0.25) is 0 Å². The molecular formula is C23H35O6P. The fourth-order valence-electron chi connectivity index (χ4n) is 3.36. The number of ketones is 1. The molecule has 0 N–H and O–H groups in total. The number of carbonyl (C=O) groups excluding carboxylic acids is 2. The molecule has 0 aliphatic rings. The van der Waals surface area contributed by atoms with Crippen LogP contribution in [-0.2, 0) is 14.1 Å². The molecule has 0 amide bonds. The number of hydrogen-bond acceptors (Lipinski definition) is 6. The van der Waals surface area contributed by atoms with Crippen LogP contribution in [0.15, 0.2) is 18.2 Å². The highest BCUT2D eigenvalue weighted by Gasteiger charge is 2.50. The normalized spacial score (nSPS) is 14.0. The molecule has 2 atom stereocenters. The molecule has 0 aliphatic heterocycles. The zero-order valence-corrected chi connectivity index (χ0v) is 19.8. The molecule has 30 heavy (non-hydrogen) atoms. The number of ether oxygens (including phenoxy) is 3. The van der Waals surface area contributed by atoms with Crippen molar-refractivity contribution in [3.05, 3.63) is 23.8 Å². The maximum Gasteiger partial charge on any atom is 0.331 e. The number of rotatable bonds is 15. The number of esters is 1. The molecule has 0 heterocycles. The second-order valence-electron chi connectivity index (χ2n) is 7.44. The summed E-state index contributed by atoms with van der Waals surface area (Å²) in [6.07, 6.45) is 5.36. The lowest BCUT2D eigenvalue weighted by Gasteiger charge is -2.26. The van der Waals surface area contributed by atoms with Gasteiger partial charge >= 0.3 is 5.97 Å². The quantitative estimate of drug-likeness (QED) is 0.148. The first-order chi connectivity index (χ1) is 14.4. The summed E-state index contributed by atoms with van der Waals surface area (Å²) < 4.78 is 28.6. The fraction of sp³-hybridized carbons (Fsp3) is 0.652. The van der Waals surface area contributed by atoms with Gasteiger partial charge in [-0.15, -0.1) is 0 Å². The molecule has 0 spiro atoms. The van der Waals surface area contributed by atoms with E-state index >= 15 is 0 Å². The highest BCUT2D eigenvalue weighted by atomic mass is 31.1. The van der Waals surface area contributed by atoms with Gasteiger partial charge in [0.15, 0.2) is 14.2 Å². The first-order valence-corrected chi connectivity index (χ1v) is 11.5. The molecule has 6 nitrogen and oxygen atoms in total. The number of Topliss-reactive ketones (excluding diaryl/α,β-unsaturated/α-hetero) is 1. The standard InChI is InChI=1S/C23H35O6P/c1-6-9-12-17(8-3)16-29-22(25)23(30-26,15-10-7-2)21(24)20-18(27-4)13-11-14-19(20)28-5/h11,13-14,17H,6-10,12,15-16H2,1-5H3. The van der Waals surface area contributed by atoms with E-state index in [1.54, 1.807) is 18.2 Å². The summed E-state index contributed by atoms with van der Waals surface area (Å²) in [4.78, 5) is 26.8. The molecule has 0 bridgehead atoms. The molecule has 0 aromatic heterocycles. The second-order valence-corrected chi connectivity index (χ2v) is 8.38. The third kappa shape index (κ3) is 6.28. The molecule has 0 fully saturated rings. The van der Waals surface area contributed by atoms with Crippen molar-refractivity contribution in [1.29, 1.82) is 0 Å². The number of benzene rings is 1. The number of hydrogen-bond donors (Lipinski definition) is 0. The van der Waals surface area contributed by atoms with E-state index in [-0.39, 0.29) is 36.0 Å². The summed E-state index contributed by atoms with van der Waals surface area (Å²) in [5.74, 6) is -0.594. The van der Waals surface area contributed by atoms with Gasteiger partial charge in [-0.05, 0) is 30.9 Å². The summed E-state index contributed by atoms with van der Waals surface area (Å²) in [5.41, 5.74) is 0.108. The number of unbranched alkanes of at least 4 members (excludes halogenated alkanes) is 2. The molecule has 1 aromatic carbocycles. The molecule has 168 valence electrons. The minimum atomic E-state index is -1.82. The lowest BCUT2D eigenvalue weighted by molar-refractivity contribution is -0.147. The van der Waals surface area contributed by atoms with Crippen LogP contribution in [0.25, 0.3) is 0 Å². The highest BCUT2D eigenvalue weighted by Crippen LogP contribution is 2.40. The van der Waals surface area contributed by atoms with Crippen LogP contribution in [0.1, 0.15) is 76.1 Å². The Morgan fingerprint density at radius 2 is 1.63 bits per heavy atom. The van der Waals surface area contributed by atoms with E-state index in [1.807, 2.05) is 6.92 Å². The number of carbonyl (C=O) groups is 2. The summed E-state index contributed by atoms with van der Waals surface area (Å²) >= 11 is 0. The highest BCUT2D eigenvalue weighted by molar-refractivity contribution is 7.30. The Hall–Kier alpha value is -1.94. The van der Waals surface area contributed by atoms with Crippen molar-refractivity contribution in [1.82, 2.24) is 0 Å². The van der Waals surface area contributed by atoms with E-state index in [0.29, 0.717) is 6.42 Å². The van der Waals surface area contributed by atoms with Crippen molar-refractivity contribution in [3.8, 4) is 11.5 Å². The predicted octanol–water partition coefficient (Wildman–Crippen LogP) is 5.87. The van der Waals surface area contributed by atoms with Crippen LogP contribution in [-0.4, -0.2) is 37.7 Å². The van der Waals surface area contributed by atoms with Crippen molar-refractivity contribution in [2.75, 3.05) is 20.8 Å². The fourth-order valence-corrected chi connectivity index (χ4v) is 3.94. The minimum Gasteiger partial charge on any atom is -0.496 e. The van der Waals surface area contributed by atoms with Gasteiger partial charge in [0, 0.05) is 0 Å². The second kappa shape index (κ2) is 13.4. The van der Waals surface area contributed by atoms with Gasteiger partial charge in [-0.1, -0.05) is 58.9 Å². The van der Waals surface area contributed by atoms with Gasteiger partial charge in [0.05, 0.1) is 20.8 Å². The molecule has 0 aliphatic carbocycles. The average Bonchev–Trinajstić information content (AvgIpc) is 2.78. The predicted molar refractivity (Wildman–Crippen MR) is 118 cm³/mol. The first-order valence-electron chi connectivity index (χ1n) is 10.7. The summed E-state index contributed by atoms with van der Waals surface area (Å²) in [6.45, 7) is 6.33. The van der Waals surface area contributed by atoms with Crippen LogP contribution < -0.4 is 9.47 Å². The molecule has 2 unspecified atom stereocenters. The van der Waals surface area contributed by atoms with E-state index in [2.05, 4.69) is 13.8 Å². The molecular weight excluding hydrogens is 403 g/mol.